The number of anilines is 1. The number of carboxylic acids is 1. The summed E-state index contributed by atoms with van der Waals surface area (Å²) in [6, 6.07) is 1.45. The second-order valence-electron chi connectivity index (χ2n) is 4.03. The minimum Gasteiger partial charge on any atom is -0.481 e. The van der Waals surface area contributed by atoms with Gasteiger partial charge in [-0.3, -0.25) is 14.9 Å². The molecule has 0 saturated carbocycles. The summed E-state index contributed by atoms with van der Waals surface area (Å²) in [5.41, 5.74) is 0.650. The maximum Gasteiger partial charge on any atom is 0.311 e. The molecule has 0 radical (unpaired) electrons. The molecule has 0 saturated heterocycles. The van der Waals surface area contributed by atoms with Crippen LogP contribution in [0.25, 0.3) is 0 Å². The van der Waals surface area contributed by atoms with Gasteiger partial charge in [0.15, 0.2) is 0 Å². The third kappa shape index (κ3) is 3.69. The predicted molar refractivity (Wildman–Crippen MR) is 65.8 cm³/mol. The van der Waals surface area contributed by atoms with Crippen molar-refractivity contribution >= 4 is 17.5 Å². The number of rotatable bonds is 6. The molecule has 18 heavy (non-hydrogen) atoms. The van der Waals surface area contributed by atoms with Crippen molar-refractivity contribution in [2.24, 2.45) is 0 Å². The van der Waals surface area contributed by atoms with Crippen molar-refractivity contribution in [1.82, 2.24) is 4.98 Å². The monoisotopic (exact) mass is 253 g/mol. The molecule has 0 aliphatic rings. The third-order valence-electron chi connectivity index (χ3n) is 2.43. The van der Waals surface area contributed by atoms with Crippen LogP contribution in [0.15, 0.2) is 12.3 Å². The smallest absolute Gasteiger partial charge is 0.311 e. The van der Waals surface area contributed by atoms with E-state index in [-0.39, 0.29) is 17.9 Å². The Hall–Kier alpha value is -2.18. The normalized spacial score (nSPS) is 10.1. The number of carboxylic acid groups (broad SMARTS) is 1. The Morgan fingerprint density at radius 2 is 2.28 bits per heavy atom. The maximum absolute atomic E-state index is 10.9. The summed E-state index contributed by atoms with van der Waals surface area (Å²) < 4.78 is 0. The molecule has 1 aromatic rings. The van der Waals surface area contributed by atoms with E-state index in [1.165, 1.54) is 6.07 Å². The molecule has 7 heteroatoms. The fourth-order valence-electron chi connectivity index (χ4n) is 1.55. The number of carbonyl (C=O) groups is 1. The molecule has 7 nitrogen and oxygen atoms in total. The number of hydrogen-bond acceptors (Lipinski definition) is 5. The fourth-order valence-corrected chi connectivity index (χ4v) is 1.55. The molecule has 0 unspecified atom stereocenters. The van der Waals surface area contributed by atoms with Gasteiger partial charge < -0.3 is 10.0 Å². The van der Waals surface area contributed by atoms with E-state index in [9.17, 15) is 14.9 Å². The Labute approximate surface area is 104 Å². The van der Waals surface area contributed by atoms with Crippen molar-refractivity contribution in [2.75, 3.05) is 18.5 Å². The van der Waals surface area contributed by atoms with Crippen LogP contribution < -0.4 is 4.90 Å². The highest BCUT2D eigenvalue weighted by atomic mass is 16.6. The van der Waals surface area contributed by atoms with Gasteiger partial charge in [0, 0.05) is 32.3 Å². The molecule has 1 heterocycles. The zero-order valence-corrected chi connectivity index (χ0v) is 10.3. The number of nitrogens with zero attached hydrogens (tertiary/aromatic N) is 3. The topological polar surface area (TPSA) is 96.6 Å². The van der Waals surface area contributed by atoms with Gasteiger partial charge in [0.2, 0.25) is 5.82 Å². The number of hydrogen-bond donors (Lipinski definition) is 1. The first-order valence-electron chi connectivity index (χ1n) is 5.45. The molecular formula is C11H15N3O4. The molecule has 0 spiro atoms. The Morgan fingerprint density at radius 3 is 2.83 bits per heavy atom. The van der Waals surface area contributed by atoms with Gasteiger partial charge in [-0.05, 0) is 18.9 Å². The first kappa shape index (κ1) is 13.9. The van der Waals surface area contributed by atoms with Crippen molar-refractivity contribution in [2.45, 2.75) is 19.8 Å². The van der Waals surface area contributed by atoms with Gasteiger partial charge in [0.1, 0.15) is 0 Å². The largest absolute Gasteiger partial charge is 0.481 e. The van der Waals surface area contributed by atoms with Crippen LogP contribution in [0.5, 0.6) is 0 Å². The Bertz CT molecular complexity index is 462. The molecule has 0 aliphatic carbocycles. The molecule has 0 fully saturated rings. The molecule has 0 bridgehead atoms. The average Bonchev–Trinajstić information content (AvgIpc) is 2.28. The van der Waals surface area contributed by atoms with Crippen molar-refractivity contribution < 1.29 is 14.8 Å². The van der Waals surface area contributed by atoms with E-state index in [1.54, 1.807) is 25.1 Å². The van der Waals surface area contributed by atoms with Crippen molar-refractivity contribution in [3.63, 3.8) is 0 Å². The highest BCUT2D eigenvalue weighted by Crippen LogP contribution is 2.25. The summed E-state index contributed by atoms with van der Waals surface area (Å²) >= 11 is 0. The van der Waals surface area contributed by atoms with E-state index in [2.05, 4.69) is 4.98 Å². The second-order valence-corrected chi connectivity index (χ2v) is 4.03. The summed E-state index contributed by atoms with van der Waals surface area (Å²) in [5, 5.41) is 19.4. The van der Waals surface area contributed by atoms with Crippen molar-refractivity contribution in [3.8, 4) is 0 Å². The molecule has 0 atom stereocenters. The first-order valence-corrected chi connectivity index (χ1v) is 5.45. The molecule has 0 aromatic carbocycles. The lowest BCUT2D eigenvalue weighted by Gasteiger charge is -2.17. The van der Waals surface area contributed by atoms with Gasteiger partial charge in [-0.1, -0.05) is 0 Å². The van der Waals surface area contributed by atoms with Crippen LogP contribution in [0, 0.1) is 17.0 Å². The summed E-state index contributed by atoms with van der Waals surface area (Å²) in [4.78, 5) is 26.4. The lowest BCUT2D eigenvalue weighted by molar-refractivity contribution is -0.384. The van der Waals surface area contributed by atoms with Crippen LogP contribution in [-0.2, 0) is 4.79 Å². The van der Waals surface area contributed by atoms with Gasteiger partial charge in [-0.15, -0.1) is 0 Å². The lowest BCUT2D eigenvalue weighted by Crippen LogP contribution is -2.21. The van der Waals surface area contributed by atoms with Crippen LogP contribution >= 0.6 is 0 Å². The molecule has 98 valence electrons. The van der Waals surface area contributed by atoms with Gasteiger partial charge in [-0.2, -0.15) is 0 Å². The van der Waals surface area contributed by atoms with Crippen molar-refractivity contribution in [1.29, 1.82) is 0 Å². The minimum absolute atomic E-state index is 0.0317. The maximum atomic E-state index is 10.9. The first-order chi connectivity index (χ1) is 8.41. The van der Waals surface area contributed by atoms with Gasteiger partial charge in [-0.25, -0.2) is 4.98 Å². The van der Waals surface area contributed by atoms with Gasteiger partial charge in [0.05, 0.1) is 4.92 Å². The zero-order valence-electron chi connectivity index (χ0n) is 10.3. The van der Waals surface area contributed by atoms with Crippen LogP contribution in [-0.4, -0.2) is 34.6 Å². The number of pyridine rings is 1. The second kappa shape index (κ2) is 5.95. The van der Waals surface area contributed by atoms with Crippen molar-refractivity contribution in [3.05, 3.63) is 27.9 Å². The average molecular weight is 253 g/mol. The molecule has 0 aliphatic heterocycles. The van der Waals surface area contributed by atoms with E-state index in [4.69, 9.17) is 5.11 Å². The minimum atomic E-state index is -0.880. The Balaban J connectivity index is 2.81. The zero-order chi connectivity index (χ0) is 13.7. The summed E-state index contributed by atoms with van der Waals surface area (Å²) in [6.07, 6.45) is 2.00. The standard InChI is InChI=1S/C11H15N3O4/c1-8-6-9(14(17)18)11(12-7-8)13(2)5-3-4-10(15)16/h6-7H,3-5H2,1-2H3,(H,15,16). The number of aliphatic carboxylic acids is 1. The quantitative estimate of drug-likeness (QED) is 0.611. The highest BCUT2D eigenvalue weighted by Gasteiger charge is 2.18. The lowest BCUT2D eigenvalue weighted by atomic mass is 10.2. The predicted octanol–water partition coefficient (Wildman–Crippen LogP) is 1.60. The van der Waals surface area contributed by atoms with Crippen LogP contribution in [0.2, 0.25) is 0 Å². The SMILES string of the molecule is Cc1cnc(N(C)CCCC(=O)O)c([N+](=O)[O-])c1. The molecule has 0 amide bonds. The summed E-state index contributed by atoms with van der Waals surface area (Å²) in [6.45, 7) is 2.14. The molecular weight excluding hydrogens is 238 g/mol. The highest BCUT2D eigenvalue weighted by molar-refractivity contribution is 5.66. The van der Waals surface area contributed by atoms with Crippen LogP contribution in [0.4, 0.5) is 11.5 Å². The van der Waals surface area contributed by atoms with Crippen LogP contribution in [0.1, 0.15) is 18.4 Å². The van der Waals surface area contributed by atoms with Gasteiger partial charge >= 0.3 is 11.7 Å². The van der Waals surface area contributed by atoms with E-state index in [0.29, 0.717) is 18.5 Å². The molecule has 1 N–H and O–H groups in total. The molecule has 1 rings (SSSR count). The number of nitro groups is 1. The fraction of sp³-hybridized carbons (Fsp3) is 0.455. The Kier molecular flexibility index (Phi) is 4.59. The Morgan fingerprint density at radius 1 is 1.61 bits per heavy atom. The number of aromatic nitrogens is 1. The van der Waals surface area contributed by atoms with E-state index < -0.39 is 10.9 Å². The van der Waals surface area contributed by atoms with Gasteiger partial charge in [0.25, 0.3) is 0 Å². The van der Waals surface area contributed by atoms with E-state index >= 15 is 0 Å². The van der Waals surface area contributed by atoms with Crippen LogP contribution in [0.3, 0.4) is 0 Å². The van der Waals surface area contributed by atoms with E-state index in [1.807, 2.05) is 0 Å². The van der Waals surface area contributed by atoms with E-state index in [0.717, 1.165) is 0 Å². The summed E-state index contributed by atoms with van der Waals surface area (Å²) in [7, 11) is 1.66. The number of aryl methyl sites for hydroxylation is 1. The third-order valence-corrected chi connectivity index (χ3v) is 2.43. The summed E-state index contributed by atoms with van der Waals surface area (Å²) in [5.74, 6) is -0.620. The molecule has 1 aromatic heterocycles.